The van der Waals surface area contributed by atoms with Gasteiger partial charge in [0.2, 0.25) is 0 Å². The Morgan fingerprint density at radius 3 is 2.35 bits per heavy atom. The summed E-state index contributed by atoms with van der Waals surface area (Å²) in [5.74, 6) is -1.03. The maximum absolute atomic E-state index is 11.8. The molecule has 1 aromatic rings. The van der Waals surface area contributed by atoms with Crippen LogP contribution in [0, 0.1) is 5.41 Å². The Labute approximate surface area is 123 Å². The minimum absolute atomic E-state index is 0.410. The van der Waals surface area contributed by atoms with E-state index in [0.29, 0.717) is 6.54 Å². The van der Waals surface area contributed by atoms with Crippen LogP contribution in [0.4, 0.5) is 4.79 Å². The van der Waals surface area contributed by atoms with Gasteiger partial charge >= 0.3 is 12.0 Å². The van der Waals surface area contributed by atoms with Crippen LogP contribution in [0.5, 0.6) is 0 Å². The SMILES string of the molecule is CCc1ccc(CNC(=O)NC(C(=O)O)C(C)(C)C)s1. The second-order valence-corrected chi connectivity index (χ2v) is 6.94. The van der Waals surface area contributed by atoms with Gasteiger partial charge in [0.25, 0.3) is 0 Å². The first-order valence-electron chi connectivity index (χ1n) is 6.58. The summed E-state index contributed by atoms with van der Waals surface area (Å²) in [6, 6.07) is 2.63. The average molecular weight is 298 g/mol. The third kappa shape index (κ3) is 4.85. The number of thiophene rings is 1. The summed E-state index contributed by atoms with van der Waals surface area (Å²) in [5, 5.41) is 14.3. The molecule has 1 atom stereocenters. The molecule has 0 aromatic carbocycles. The van der Waals surface area contributed by atoms with Crippen molar-refractivity contribution < 1.29 is 14.7 Å². The molecule has 0 saturated heterocycles. The molecule has 3 N–H and O–H groups in total. The van der Waals surface area contributed by atoms with Crippen LogP contribution < -0.4 is 10.6 Å². The number of aryl methyl sites for hydroxylation is 1. The zero-order valence-corrected chi connectivity index (χ0v) is 13.1. The minimum atomic E-state index is -1.03. The van der Waals surface area contributed by atoms with Crippen molar-refractivity contribution in [1.29, 1.82) is 0 Å². The second-order valence-electron chi connectivity index (χ2n) is 5.69. The van der Waals surface area contributed by atoms with Gasteiger partial charge in [-0.1, -0.05) is 27.7 Å². The van der Waals surface area contributed by atoms with Crippen molar-refractivity contribution in [3.63, 3.8) is 0 Å². The highest BCUT2D eigenvalue weighted by molar-refractivity contribution is 7.11. The summed E-state index contributed by atoms with van der Waals surface area (Å²) < 4.78 is 0. The van der Waals surface area contributed by atoms with E-state index >= 15 is 0 Å². The van der Waals surface area contributed by atoms with Gasteiger partial charge in [-0.25, -0.2) is 9.59 Å². The lowest BCUT2D eigenvalue weighted by atomic mass is 9.87. The van der Waals surface area contributed by atoms with E-state index in [1.165, 1.54) is 4.88 Å². The van der Waals surface area contributed by atoms with Gasteiger partial charge in [-0.05, 0) is 24.0 Å². The van der Waals surface area contributed by atoms with Crippen LogP contribution in [0.15, 0.2) is 12.1 Å². The lowest BCUT2D eigenvalue weighted by molar-refractivity contribution is -0.141. The molecule has 1 unspecified atom stereocenters. The summed E-state index contributed by atoms with van der Waals surface area (Å²) in [7, 11) is 0. The molecular formula is C14H22N2O3S. The first kappa shape index (κ1) is 16.5. The van der Waals surface area contributed by atoms with Gasteiger partial charge in [-0.15, -0.1) is 11.3 Å². The molecule has 0 radical (unpaired) electrons. The van der Waals surface area contributed by atoms with Crippen molar-refractivity contribution in [2.45, 2.75) is 46.7 Å². The molecule has 0 aliphatic heterocycles. The summed E-state index contributed by atoms with van der Waals surface area (Å²) in [5.41, 5.74) is -0.540. The van der Waals surface area contributed by atoms with Gasteiger partial charge in [-0.3, -0.25) is 0 Å². The molecule has 0 saturated carbocycles. The molecule has 0 aliphatic rings. The number of hydrogen-bond acceptors (Lipinski definition) is 3. The van der Waals surface area contributed by atoms with Gasteiger partial charge in [0, 0.05) is 9.75 Å². The molecule has 0 aliphatic carbocycles. The number of carbonyl (C=O) groups excluding carboxylic acids is 1. The molecule has 0 spiro atoms. The Morgan fingerprint density at radius 1 is 1.30 bits per heavy atom. The molecule has 0 bridgehead atoms. The van der Waals surface area contributed by atoms with Gasteiger partial charge in [-0.2, -0.15) is 0 Å². The van der Waals surface area contributed by atoms with E-state index in [2.05, 4.69) is 17.6 Å². The predicted octanol–water partition coefficient (Wildman–Crippen LogP) is 2.61. The van der Waals surface area contributed by atoms with Crippen molar-refractivity contribution in [2.24, 2.45) is 5.41 Å². The van der Waals surface area contributed by atoms with Gasteiger partial charge in [0.1, 0.15) is 6.04 Å². The summed E-state index contributed by atoms with van der Waals surface area (Å²) in [6.45, 7) is 7.82. The van der Waals surface area contributed by atoms with Crippen LogP contribution in [0.1, 0.15) is 37.4 Å². The van der Waals surface area contributed by atoms with Gasteiger partial charge in [0.05, 0.1) is 6.54 Å². The maximum Gasteiger partial charge on any atom is 0.326 e. The highest BCUT2D eigenvalue weighted by Crippen LogP contribution is 2.19. The molecule has 1 heterocycles. The fourth-order valence-electron chi connectivity index (χ4n) is 1.71. The zero-order valence-electron chi connectivity index (χ0n) is 12.3. The van der Waals surface area contributed by atoms with E-state index in [9.17, 15) is 9.59 Å². The highest BCUT2D eigenvalue weighted by Gasteiger charge is 2.32. The molecule has 1 aromatic heterocycles. The Hall–Kier alpha value is -1.56. The lowest BCUT2D eigenvalue weighted by Gasteiger charge is -2.27. The molecular weight excluding hydrogens is 276 g/mol. The largest absolute Gasteiger partial charge is 0.480 e. The van der Waals surface area contributed by atoms with Crippen LogP contribution in [-0.2, 0) is 17.8 Å². The number of carbonyl (C=O) groups is 2. The molecule has 1 rings (SSSR count). The van der Waals surface area contributed by atoms with E-state index < -0.39 is 23.5 Å². The third-order valence-electron chi connectivity index (χ3n) is 2.88. The van der Waals surface area contributed by atoms with Crippen molar-refractivity contribution >= 4 is 23.3 Å². The number of urea groups is 1. The molecule has 5 nitrogen and oxygen atoms in total. The topological polar surface area (TPSA) is 78.4 Å². The normalized spacial score (nSPS) is 12.8. The van der Waals surface area contributed by atoms with Gasteiger partial charge < -0.3 is 15.7 Å². The quantitative estimate of drug-likeness (QED) is 0.782. The first-order chi connectivity index (χ1) is 9.24. The van der Waals surface area contributed by atoms with E-state index in [1.807, 2.05) is 12.1 Å². The van der Waals surface area contributed by atoms with E-state index in [4.69, 9.17) is 5.11 Å². The smallest absolute Gasteiger partial charge is 0.326 e. The Morgan fingerprint density at radius 2 is 1.90 bits per heavy atom. The molecule has 6 heteroatoms. The Balaban J connectivity index is 2.52. The third-order valence-corrected chi connectivity index (χ3v) is 4.11. The van der Waals surface area contributed by atoms with Crippen LogP contribution in [0.2, 0.25) is 0 Å². The fraction of sp³-hybridized carbons (Fsp3) is 0.571. The Bertz CT molecular complexity index is 477. The Kier molecular flexibility index (Phi) is 5.56. The number of carboxylic acid groups (broad SMARTS) is 1. The monoisotopic (exact) mass is 298 g/mol. The molecule has 2 amide bonds. The van der Waals surface area contributed by atoms with Gasteiger partial charge in [0.15, 0.2) is 0 Å². The number of nitrogens with one attached hydrogen (secondary N) is 2. The van der Waals surface area contributed by atoms with Crippen LogP contribution in [0.25, 0.3) is 0 Å². The van der Waals surface area contributed by atoms with E-state index in [-0.39, 0.29) is 0 Å². The second kappa shape index (κ2) is 6.74. The lowest BCUT2D eigenvalue weighted by Crippen LogP contribution is -2.52. The van der Waals surface area contributed by atoms with Crippen LogP contribution in [-0.4, -0.2) is 23.1 Å². The van der Waals surface area contributed by atoms with Crippen molar-refractivity contribution in [1.82, 2.24) is 10.6 Å². The minimum Gasteiger partial charge on any atom is -0.480 e. The van der Waals surface area contributed by atoms with Crippen molar-refractivity contribution in [2.75, 3.05) is 0 Å². The van der Waals surface area contributed by atoms with E-state index in [1.54, 1.807) is 32.1 Å². The standard InChI is InChI=1S/C14H22N2O3S/c1-5-9-6-7-10(20-9)8-15-13(19)16-11(12(17)18)14(2,3)4/h6-7,11H,5,8H2,1-4H3,(H,17,18)(H2,15,16,19). The number of amides is 2. The summed E-state index contributed by atoms with van der Waals surface area (Å²) >= 11 is 1.65. The van der Waals surface area contributed by atoms with Crippen LogP contribution >= 0.6 is 11.3 Å². The zero-order chi connectivity index (χ0) is 15.3. The van der Waals surface area contributed by atoms with Crippen LogP contribution in [0.3, 0.4) is 0 Å². The molecule has 20 heavy (non-hydrogen) atoms. The first-order valence-corrected chi connectivity index (χ1v) is 7.40. The fourth-order valence-corrected chi connectivity index (χ4v) is 2.60. The average Bonchev–Trinajstić information content (AvgIpc) is 2.79. The summed E-state index contributed by atoms with van der Waals surface area (Å²) in [6.07, 6.45) is 0.974. The molecule has 0 fully saturated rings. The molecule has 112 valence electrons. The maximum atomic E-state index is 11.8. The number of hydrogen-bond donors (Lipinski definition) is 3. The van der Waals surface area contributed by atoms with Crippen molar-refractivity contribution in [3.8, 4) is 0 Å². The van der Waals surface area contributed by atoms with Crippen molar-refractivity contribution in [3.05, 3.63) is 21.9 Å². The number of carboxylic acids is 1. The number of rotatable bonds is 5. The van der Waals surface area contributed by atoms with E-state index in [0.717, 1.165) is 11.3 Å². The predicted molar refractivity (Wildman–Crippen MR) is 79.9 cm³/mol. The summed E-state index contributed by atoms with van der Waals surface area (Å²) in [4.78, 5) is 25.3. The number of aliphatic carboxylic acids is 1. The highest BCUT2D eigenvalue weighted by atomic mass is 32.1.